The van der Waals surface area contributed by atoms with E-state index < -0.39 is 11.0 Å². The third kappa shape index (κ3) is 4.81. The molecule has 1 aromatic heterocycles. The molecule has 0 radical (unpaired) electrons. The number of halogens is 1. The molecule has 0 spiro atoms. The molecule has 3 rings (SSSR count). The zero-order chi connectivity index (χ0) is 21.1. The van der Waals surface area contributed by atoms with Crippen molar-refractivity contribution in [1.29, 1.82) is 0 Å². The molecule has 0 bridgehead atoms. The molecule has 29 heavy (non-hydrogen) atoms. The fraction of sp³-hybridized carbons (Fsp3) is 0.150. The summed E-state index contributed by atoms with van der Waals surface area (Å²) in [6, 6.07) is 15.0. The SMILES string of the molecule is CN(C)C(=O)c1cc(-c2ccc(N(C)O[SH](=O)=O)cc2)c(-c2ccc(F)cc2)s1. The number of anilines is 1. The molecule has 0 saturated carbocycles. The van der Waals surface area contributed by atoms with Crippen LogP contribution in [0.4, 0.5) is 10.1 Å². The van der Waals surface area contributed by atoms with Crippen molar-refractivity contribution in [2.24, 2.45) is 0 Å². The van der Waals surface area contributed by atoms with Crippen LogP contribution in [-0.2, 0) is 15.3 Å². The summed E-state index contributed by atoms with van der Waals surface area (Å²) in [5.41, 5.74) is 3.02. The Morgan fingerprint density at radius 3 is 2.10 bits per heavy atom. The second-order valence-corrected chi connectivity index (χ2v) is 8.07. The van der Waals surface area contributed by atoms with Crippen LogP contribution in [0.3, 0.4) is 0 Å². The van der Waals surface area contributed by atoms with Crippen molar-refractivity contribution in [3.8, 4) is 21.6 Å². The Balaban J connectivity index is 2.05. The average Bonchev–Trinajstić information content (AvgIpc) is 3.12. The molecule has 0 aliphatic rings. The predicted octanol–water partition coefficient (Wildman–Crippen LogP) is 3.82. The number of amides is 1. The van der Waals surface area contributed by atoms with Crippen LogP contribution >= 0.6 is 11.3 Å². The van der Waals surface area contributed by atoms with Gasteiger partial charge in [-0.05, 0) is 41.5 Å². The molecular weight excluding hydrogens is 415 g/mol. The van der Waals surface area contributed by atoms with E-state index >= 15 is 0 Å². The molecule has 0 unspecified atom stereocenters. The van der Waals surface area contributed by atoms with Gasteiger partial charge in [-0.3, -0.25) is 4.79 Å². The van der Waals surface area contributed by atoms with Crippen molar-refractivity contribution in [2.45, 2.75) is 0 Å². The number of hydrogen-bond donors (Lipinski definition) is 1. The van der Waals surface area contributed by atoms with Gasteiger partial charge in [0.25, 0.3) is 16.9 Å². The van der Waals surface area contributed by atoms with Crippen LogP contribution in [0.15, 0.2) is 54.6 Å². The summed E-state index contributed by atoms with van der Waals surface area (Å²) in [5, 5.41) is 1.14. The minimum Gasteiger partial charge on any atom is -0.344 e. The quantitative estimate of drug-likeness (QED) is 0.472. The van der Waals surface area contributed by atoms with E-state index in [9.17, 15) is 17.6 Å². The summed E-state index contributed by atoms with van der Waals surface area (Å²) in [7, 11) is 1.85. The Morgan fingerprint density at radius 1 is 0.966 bits per heavy atom. The van der Waals surface area contributed by atoms with Gasteiger partial charge in [0.05, 0.1) is 10.6 Å². The first-order valence-electron chi connectivity index (χ1n) is 8.54. The lowest BCUT2D eigenvalue weighted by Crippen LogP contribution is -2.20. The highest BCUT2D eigenvalue weighted by molar-refractivity contribution is 7.67. The Bertz CT molecular complexity index is 1080. The van der Waals surface area contributed by atoms with Gasteiger partial charge in [-0.15, -0.1) is 11.3 Å². The van der Waals surface area contributed by atoms with Crippen molar-refractivity contribution in [3.63, 3.8) is 0 Å². The second-order valence-electron chi connectivity index (χ2n) is 6.41. The van der Waals surface area contributed by atoms with Crippen LogP contribution in [-0.4, -0.2) is 40.4 Å². The first-order chi connectivity index (χ1) is 13.8. The Morgan fingerprint density at radius 2 is 1.55 bits per heavy atom. The van der Waals surface area contributed by atoms with Gasteiger partial charge in [0.2, 0.25) is 0 Å². The molecule has 6 nitrogen and oxygen atoms in total. The second kappa shape index (κ2) is 8.73. The van der Waals surface area contributed by atoms with Gasteiger partial charge in [-0.25, -0.2) is 17.9 Å². The largest absolute Gasteiger partial charge is 0.344 e. The Labute approximate surface area is 173 Å². The minimum absolute atomic E-state index is 0.117. The summed E-state index contributed by atoms with van der Waals surface area (Å²) in [6.45, 7) is 0. The van der Waals surface area contributed by atoms with Gasteiger partial charge in [0, 0.05) is 31.6 Å². The minimum atomic E-state index is -3.01. The molecule has 0 saturated heterocycles. The lowest BCUT2D eigenvalue weighted by atomic mass is 10.0. The first-order valence-corrected chi connectivity index (χ1v) is 10.5. The van der Waals surface area contributed by atoms with Crippen molar-refractivity contribution in [1.82, 2.24) is 4.90 Å². The molecule has 2 aromatic carbocycles. The highest BCUT2D eigenvalue weighted by atomic mass is 32.2. The topological polar surface area (TPSA) is 66.9 Å². The van der Waals surface area contributed by atoms with Crippen molar-refractivity contribution < 1.29 is 21.9 Å². The third-order valence-electron chi connectivity index (χ3n) is 4.19. The lowest BCUT2D eigenvalue weighted by Gasteiger charge is -2.14. The number of benzene rings is 2. The molecule has 3 aromatic rings. The summed E-state index contributed by atoms with van der Waals surface area (Å²) in [6.07, 6.45) is 0. The summed E-state index contributed by atoms with van der Waals surface area (Å²) >= 11 is 1.34. The molecule has 0 N–H and O–H groups in total. The summed E-state index contributed by atoms with van der Waals surface area (Å²) in [5.74, 6) is -0.450. The van der Waals surface area contributed by atoms with Crippen molar-refractivity contribution in [2.75, 3.05) is 26.2 Å². The van der Waals surface area contributed by atoms with Crippen LogP contribution in [0.5, 0.6) is 0 Å². The van der Waals surface area contributed by atoms with Crippen LogP contribution in [0.25, 0.3) is 21.6 Å². The van der Waals surface area contributed by atoms with E-state index in [1.54, 1.807) is 38.4 Å². The maximum absolute atomic E-state index is 13.4. The van der Waals surface area contributed by atoms with Gasteiger partial charge in [-0.2, -0.15) is 4.28 Å². The van der Waals surface area contributed by atoms with E-state index in [0.717, 1.165) is 26.6 Å². The zero-order valence-electron chi connectivity index (χ0n) is 16.0. The van der Waals surface area contributed by atoms with E-state index in [4.69, 9.17) is 0 Å². The van der Waals surface area contributed by atoms with E-state index in [1.165, 1.54) is 35.4 Å². The van der Waals surface area contributed by atoms with Gasteiger partial charge in [-0.1, -0.05) is 24.3 Å². The summed E-state index contributed by atoms with van der Waals surface area (Å²) in [4.78, 5) is 15.4. The van der Waals surface area contributed by atoms with E-state index in [0.29, 0.717) is 10.6 Å². The highest BCUT2D eigenvalue weighted by Crippen LogP contribution is 2.40. The normalized spacial score (nSPS) is 10.9. The number of rotatable bonds is 6. The number of thiophene rings is 1. The van der Waals surface area contributed by atoms with Crippen LogP contribution in [0.1, 0.15) is 9.67 Å². The smallest absolute Gasteiger partial charge is 0.277 e. The fourth-order valence-electron chi connectivity index (χ4n) is 2.74. The lowest BCUT2D eigenvalue weighted by molar-refractivity contribution is 0.0832. The van der Waals surface area contributed by atoms with Crippen LogP contribution in [0.2, 0.25) is 0 Å². The van der Waals surface area contributed by atoms with Crippen LogP contribution < -0.4 is 5.06 Å². The number of carbonyl (C=O) groups is 1. The monoisotopic (exact) mass is 434 g/mol. The van der Waals surface area contributed by atoms with Crippen molar-refractivity contribution in [3.05, 3.63) is 65.3 Å². The standard InChI is InChI=1S/C20H19FN2O4S2/c1-22(2)20(24)18-12-17(19(28-18)14-4-8-15(21)9-5-14)13-6-10-16(11-7-13)23(3)27-29(25)26/h4-12,29H,1-3H3. The molecule has 9 heteroatoms. The molecule has 1 heterocycles. The number of thiol groups is 1. The van der Waals surface area contributed by atoms with Crippen LogP contribution in [0, 0.1) is 5.82 Å². The number of hydroxylamine groups is 1. The fourth-order valence-corrected chi connectivity index (χ4v) is 4.25. The highest BCUT2D eigenvalue weighted by Gasteiger charge is 2.18. The maximum atomic E-state index is 13.4. The van der Waals surface area contributed by atoms with Gasteiger partial charge in [0.15, 0.2) is 0 Å². The first kappa shape index (κ1) is 21.0. The van der Waals surface area contributed by atoms with Crippen molar-refractivity contribution >= 4 is 33.9 Å². The molecular formula is C20H19FN2O4S2. The molecule has 1 amide bonds. The molecule has 0 atom stereocenters. The molecule has 0 aliphatic carbocycles. The van der Waals surface area contributed by atoms with Gasteiger partial charge in [0.1, 0.15) is 5.82 Å². The third-order valence-corrected chi connectivity index (χ3v) is 5.74. The summed E-state index contributed by atoms with van der Waals surface area (Å²) < 4.78 is 39.5. The van der Waals surface area contributed by atoms with Gasteiger partial charge < -0.3 is 4.90 Å². The van der Waals surface area contributed by atoms with E-state index in [-0.39, 0.29) is 11.7 Å². The Hall–Kier alpha value is -2.75. The zero-order valence-corrected chi connectivity index (χ0v) is 17.7. The van der Waals surface area contributed by atoms with E-state index in [2.05, 4.69) is 4.28 Å². The average molecular weight is 435 g/mol. The van der Waals surface area contributed by atoms with Gasteiger partial charge >= 0.3 is 0 Å². The maximum Gasteiger partial charge on any atom is 0.277 e. The Kier molecular flexibility index (Phi) is 6.31. The van der Waals surface area contributed by atoms with E-state index in [1.807, 2.05) is 18.2 Å². The molecule has 152 valence electrons. The molecule has 0 aliphatic heterocycles. The predicted molar refractivity (Wildman–Crippen MR) is 113 cm³/mol. The number of nitrogens with zero attached hydrogens (tertiary/aromatic N) is 2. The number of carbonyl (C=O) groups excluding carboxylic acids is 1. The molecule has 0 fully saturated rings. The number of hydrogen-bond acceptors (Lipinski definition) is 6.